The van der Waals surface area contributed by atoms with Crippen molar-refractivity contribution in [3.63, 3.8) is 0 Å². The highest BCUT2D eigenvalue weighted by Crippen LogP contribution is 2.34. The van der Waals surface area contributed by atoms with Crippen LogP contribution in [0.2, 0.25) is 0 Å². The van der Waals surface area contributed by atoms with Gasteiger partial charge in [0.1, 0.15) is 11.3 Å². The summed E-state index contributed by atoms with van der Waals surface area (Å²) in [5, 5.41) is 4.69. The van der Waals surface area contributed by atoms with Gasteiger partial charge in [-0.2, -0.15) is 0 Å². The molecule has 1 N–H and O–H groups in total. The Balaban J connectivity index is 2.38. The second-order valence-corrected chi connectivity index (χ2v) is 7.12. The Bertz CT molecular complexity index is 599. The molecule has 1 aromatic heterocycles. The summed E-state index contributed by atoms with van der Waals surface area (Å²) in [6, 6.07) is 4.33. The summed E-state index contributed by atoms with van der Waals surface area (Å²) in [6.45, 7) is 12.8. The highest BCUT2D eigenvalue weighted by Gasteiger charge is 2.16. The van der Waals surface area contributed by atoms with Crippen LogP contribution in [0.25, 0.3) is 11.0 Å². The summed E-state index contributed by atoms with van der Waals surface area (Å²) < 4.78 is 7.27. The van der Waals surface area contributed by atoms with Gasteiger partial charge in [0.25, 0.3) is 0 Å². The molecule has 0 atom stereocenters. The molecule has 20 heavy (non-hydrogen) atoms. The van der Waals surface area contributed by atoms with Gasteiger partial charge in [-0.25, -0.2) is 0 Å². The van der Waals surface area contributed by atoms with Crippen LogP contribution >= 0.6 is 15.9 Å². The van der Waals surface area contributed by atoms with Crippen LogP contribution in [0.3, 0.4) is 0 Å². The van der Waals surface area contributed by atoms with Gasteiger partial charge >= 0.3 is 0 Å². The number of furan rings is 1. The molecule has 0 saturated carbocycles. The first-order valence-corrected chi connectivity index (χ1v) is 8.11. The van der Waals surface area contributed by atoms with Gasteiger partial charge in [0.2, 0.25) is 0 Å². The van der Waals surface area contributed by atoms with Crippen LogP contribution in [0.5, 0.6) is 0 Å². The molecule has 0 spiro atoms. The number of hydrogen-bond acceptors (Lipinski definition) is 2. The van der Waals surface area contributed by atoms with E-state index in [9.17, 15) is 0 Å². The van der Waals surface area contributed by atoms with Crippen LogP contribution in [0.4, 0.5) is 0 Å². The fourth-order valence-corrected chi connectivity index (χ4v) is 2.90. The Morgan fingerprint density at radius 3 is 2.50 bits per heavy atom. The molecule has 0 fully saturated rings. The summed E-state index contributed by atoms with van der Waals surface area (Å²) in [4.78, 5) is 0. The molecular formula is C17H24BrNO. The van der Waals surface area contributed by atoms with Crippen molar-refractivity contribution < 1.29 is 4.42 Å². The number of fused-ring (bicyclic) bond motifs is 1. The maximum Gasteiger partial charge on any atom is 0.138 e. The van der Waals surface area contributed by atoms with Crippen molar-refractivity contribution in [2.45, 2.75) is 47.1 Å². The van der Waals surface area contributed by atoms with Crippen LogP contribution < -0.4 is 5.32 Å². The maximum absolute atomic E-state index is 6.14. The Morgan fingerprint density at radius 2 is 1.90 bits per heavy atom. The van der Waals surface area contributed by atoms with Crippen molar-refractivity contribution in [3.05, 3.63) is 33.5 Å². The van der Waals surface area contributed by atoms with Crippen molar-refractivity contribution >= 4 is 26.9 Å². The maximum atomic E-state index is 6.14. The monoisotopic (exact) mass is 337 g/mol. The highest BCUT2D eigenvalue weighted by atomic mass is 79.9. The molecule has 0 amide bonds. The molecule has 2 rings (SSSR count). The number of hydrogen-bond donors (Lipinski definition) is 1. The lowest BCUT2D eigenvalue weighted by atomic mass is 10.00. The number of aryl methyl sites for hydroxylation is 1. The molecule has 0 unspecified atom stereocenters. The molecule has 0 aliphatic carbocycles. The van der Waals surface area contributed by atoms with E-state index < -0.39 is 0 Å². The van der Waals surface area contributed by atoms with E-state index in [0.29, 0.717) is 11.8 Å². The van der Waals surface area contributed by atoms with Gasteiger partial charge < -0.3 is 9.73 Å². The van der Waals surface area contributed by atoms with Crippen LogP contribution in [0, 0.1) is 12.8 Å². The average Bonchev–Trinajstić information content (AvgIpc) is 2.66. The fraction of sp³-hybridized carbons (Fsp3) is 0.529. The molecule has 1 heterocycles. The van der Waals surface area contributed by atoms with Gasteiger partial charge in [0.15, 0.2) is 0 Å². The van der Waals surface area contributed by atoms with Crippen LogP contribution in [0.15, 0.2) is 21.0 Å². The lowest BCUT2D eigenvalue weighted by Crippen LogP contribution is -2.18. The van der Waals surface area contributed by atoms with Crippen molar-refractivity contribution in [2.24, 2.45) is 5.92 Å². The van der Waals surface area contributed by atoms with Gasteiger partial charge in [-0.3, -0.25) is 0 Å². The minimum absolute atomic E-state index is 0.456. The second-order valence-electron chi connectivity index (χ2n) is 6.20. The number of benzene rings is 1. The zero-order chi connectivity index (χ0) is 14.9. The molecule has 2 aromatic rings. The van der Waals surface area contributed by atoms with E-state index in [1.165, 1.54) is 16.5 Å². The SMILES string of the molecule is Cc1c(CNCC(C)C)oc2c(C(C)C)cc(Br)cc12. The standard InChI is InChI=1S/C17H24BrNO/c1-10(2)8-19-9-16-12(5)15-7-13(18)6-14(11(3)4)17(15)20-16/h6-7,10-11,19H,8-9H2,1-5H3. The first-order valence-electron chi connectivity index (χ1n) is 7.32. The zero-order valence-corrected chi connectivity index (χ0v) is 14.6. The van der Waals surface area contributed by atoms with E-state index in [0.717, 1.165) is 28.9 Å². The third-order valence-electron chi connectivity index (χ3n) is 3.59. The summed E-state index contributed by atoms with van der Waals surface area (Å²) in [5.41, 5.74) is 3.56. The quantitative estimate of drug-likeness (QED) is 0.792. The number of rotatable bonds is 5. The van der Waals surface area contributed by atoms with Crippen LogP contribution in [-0.4, -0.2) is 6.54 Å². The Labute approximate surface area is 130 Å². The first-order chi connectivity index (χ1) is 9.40. The van der Waals surface area contributed by atoms with E-state index >= 15 is 0 Å². The lowest BCUT2D eigenvalue weighted by molar-refractivity contribution is 0.480. The van der Waals surface area contributed by atoms with Gasteiger partial charge in [0.05, 0.1) is 6.54 Å². The first kappa shape index (κ1) is 15.6. The second kappa shape index (κ2) is 6.31. The van der Waals surface area contributed by atoms with E-state index in [-0.39, 0.29) is 0 Å². The zero-order valence-electron chi connectivity index (χ0n) is 13.0. The van der Waals surface area contributed by atoms with Crippen molar-refractivity contribution in [1.29, 1.82) is 0 Å². The predicted molar refractivity (Wildman–Crippen MR) is 89.3 cm³/mol. The van der Waals surface area contributed by atoms with Gasteiger partial charge in [-0.05, 0) is 48.6 Å². The summed E-state index contributed by atoms with van der Waals surface area (Å²) in [6.07, 6.45) is 0. The van der Waals surface area contributed by atoms with Crippen LogP contribution in [0.1, 0.15) is 50.5 Å². The van der Waals surface area contributed by atoms with Gasteiger partial charge in [0, 0.05) is 9.86 Å². The van der Waals surface area contributed by atoms with E-state index in [1.807, 2.05) is 0 Å². The molecule has 1 aromatic carbocycles. The third kappa shape index (κ3) is 3.26. The minimum Gasteiger partial charge on any atom is -0.459 e. The average molecular weight is 338 g/mol. The molecular weight excluding hydrogens is 314 g/mol. The molecule has 0 bridgehead atoms. The van der Waals surface area contributed by atoms with Gasteiger partial charge in [-0.15, -0.1) is 0 Å². The van der Waals surface area contributed by atoms with Crippen molar-refractivity contribution in [2.75, 3.05) is 6.54 Å². The molecule has 3 heteroatoms. The molecule has 2 nitrogen and oxygen atoms in total. The topological polar surface area (TPSA) is 25.2 Å². The van der Waals surface area contributed by atoms with Gasteiger partial charge in [-0.1, -0.05) is 43.6 Å². The van der Waals surface area contributed by atoms with E-state index in [4.69, 9.17) is 4.42 Å². The fourth-order valence-electron chi connectivity index (χ4n) is 2.43. The third-order valence-corrected chi connectivity index (χ3v) is 4.05. The number of halogens is 1. The summed E-state index contributed by atoms with van der Waals surface area (Å²) in [7, 11) is 0. The molecule has 0 aliphatic heterocycles. The Hall–Kier alpha value is -0.800. The normalized spacial score (nSPS) is 12.0. The highest BCUT2D eigenvalue weighted by molar-refractivity contribution is 9.10. The Morgan fingerprint density at radius 1 is 1.20 bits per heavy atom. The van der Waals surface area contributed by atoms with Crippen LogP contribution in [-0.2, 0) is 6.54 Å². The smallest absolute Gasteiger partial charge is 0.138 e. The molecule has 0 radical (unpaired) electrons. The summed E-state index contributed by atoms with van der Waals surface area (Å²) in [5.74, 6) is 2.16. The van der Waals surface area contributed by atoms with E-state index in [2.05, 4.69) is 68.0 Å². The van der Waals surface area contributed by atoms with E-state index in [1.54, 1.807) is 0 Å². The molecule has 110 valence electrons. The Kier molecular flexibility index (Phi) is 4.92. The number of nitrogens with one attached hydrogen (secondary N) is 1. The van der Waals surface area contributed by atoms with Crippen molar-refractivity contribution in [3.8, 4) is 0 Å². The largest absolute Gasteiger partial charge is 0.459 e. The summed E-state index contributed by atoms with van der Waals surface area (Å²) >= 11 is 3.61. The van der Waals surface area contributed by atoms with Crippen molar-refractivity contribution in [1.82, 2.24) is 5.32 Å². The predicted octanol–water partition coefficient (Wildman–Crippen LogP) is 5.37. The molecule has 0 aliphatic rings. The lowest BCUT2D eigenvalue weighted by Gasteiger charge is -2.07. The minimum atomic E-state index is 0.456. The molecule has 0 saturated heterocycles.